The van der Waals surface area contributed by atoms with Crippen LogP contribution in [-0.2, 0) is 14.3 Å². The largest absolute Gasteiger partial charge is 0.360 e. The van der Waals surface area contributed by atoms with Crippen LogP contribution in [0, 0.1) is 5.92 Å². The van der Waals surface area contributed by atoms with E-state index in [1.54, 1.807) is 6.20 Å². The molecule has 8 heteroatoms. The van der Waals surface area contributed by atoms with Crippen molar-refractivity contribution in [2.24, 2.45) is 5.92 Å². The molecule has 5 heterocycles. The highest BCUT2D eigenvalue weighted by atomic mass is 32.2. The van der Waals surface area contributed by atoms with E-state index in [0.717, 1.165) is 42.8 Å². The first-order valence-electron chi connectivity index (χ1n) is 9.88. The topological polar surface area (TPSA) is 91.5 Å². The Kier molecular flexibility index (Phi) is 4.26. The number of nitrogens with zero attached hydrogens (tertiary/aromatic N) is 1. The van der Waals surface area contributed by atoms with Crippen LogP contribution in [0.25, 0.3) is 10.9 Å². The van der Waals surface area contributed by atoms with E-state index >= 15 is 0 Å². The molecule has 4 aliphatic heterocycles. The Morgan fingerprint density at radius 2 is 1.89 bits per heavy atom. The molecule has 4 saturated heterocycles. The van der Waals surface area contributed by atoms with Gasteiger partial charge in [-0.3, -0.25) is 13.9 Å². The van der Waals surface area contributed by atoms with Gasteiger partial charge in [0.05, 0.1) is 17.9 Å². The summed E-state index contributed by atoms with van der Waals surface area (Å²) in [5.74, 6) is 0.265. The molecule has 4 bridgehead atoms. The number of carbonyl (C=O) groups is 1. The molecule has 0 aliphatic carbocycles. The van der Waals surface area contributed by atoms with E-state index in [-0.39, 0.29) is 18.1 Å². The molecule has 1 amide bonds. The molecule has 7 nitrogen and oxygen atoms in total. The number of aromatic nitrogens is 1. The number of H-pyrrole nitrogens is 1. The molecule has 4 aliphatic rings. The highest BCUT2D eigenvalue weighted by molar-refractivity contribution is 7.86. The zero-order valence-corrected chi connectivity index (χ0v) is 16.6. The lowest BCUT2D eigenvalue weighted by Gasteiger charge is -2.57. The number of benzene rings is 1. The van der Waals surface area contributed by atoms with Gasteiger partial charge in [0.15, 0.2) is 0 Å². The van der Waals surface area contributed by atoms with Gasteiger partial charge in [-0.15, -0.1) is 0 Å². The quantitative estimate of drug-likeness (QED) is 0.761. The number of carbonyl (C=O) groups excluding carboxylic acids is 1. The van der Waals surface area contributed by atoms with Gasteiger partial charge in [0.25, 0.3) is 16.0 Å². The Labute approximate surface area is 164 Å². The van der Waals surface area contributed by atoms with Crippen LogP contribution >= 0.6 is 0 Å². The number of nitrogens with one attached hydrogen (secondary N) is 2. The molecule has 4 fully saturated rings. The van der Waals surface area contributed by atoms with Gasteiger partial charge < -0.3 is 10.3 Å². The maximum Gasteiger partial charge on any atom is 0.264 e. The Morgan fingerprint density at radius 1 is 1.18 bits per heavy atom. The van der Waals surface area contributed by atoms with Gasteiger partial charge in [-0.25, -0.2) is 0 Å². The van der Waals surface area contributed by atoms with Crippen LogP contribution < -0.4 is 5.32 Å². The van der Waals surface area contributed by atoms with Gasteiger partial charge in [-0.1, -0.05) is 18.2 Å². The third kappa shape index (κ3) is 3.23. The molecule has 2 aromatic rings. The zero-order chi connectivity index (χ0) is 19.5. The minimum absolute atomic E-state index is 0.0270. The molecule has 6 rings (SSSR count). The minimum atomic E-state index is -3.43. The van der Waals surface area contributed by atoms with Crippen molar-refractivity contribution in [3.63, 3.8) is 0 Å². The summed E-state index contributed by atoms with van der Waals surface area (Å²) in [4.78, 5) is 18.4. The highest BCUT2D eigenvalue weighted by Gasteiger charge is 2.50. The number of hydrogen-bond donors (Lipinski definition) is 2. The summed E-state index contributed by atoms with van der Waals surface area (Å²) in [6, 6.07) is 8.76. The molecule has 28 heavy (non-hydrogen) atoms. The number of para-hydroxylation sites is 1. The monoisotopic (exact) mass is 403 g/mol. The van der Waals surface area contributed by atoms with Crippen LogP contribution in [0.1, 0.15) is 36.0 Å². The van der Waals surface area contributed by atoms with Crippen molar-refractivity contribution in [1.29, 1.82) is 0 Å². The van der Waals surface area contributed by atoms with E-state index in [9.17, 15) is 13.2 Å². The summed E-state index contributed by atoms with van der Waals surface area (Å²) in [5.41, 5.74) is 1.66. The fraction of sp³-hybridized carbons (Fsp3) is 0.550. The normalized spacial score (nSPS) is 34.5. The maximum atomic E-state index is 12.8. The lowest BCUT2D eigenvalue weighted by Crippen LogP contribution is -2.66. The molecule has 1 aromatic carbocycles. The lowest BCUT2D eigenvalue weighted by atomic mass is 9.70. The molecular weight excluding hydrogens is 378 g/mol. The average molecular weight is 404 g/mol. The van der Waals surface area contributed by atoms with Gasteiger partial charge in [0, 0.05) is 41.8 Å². The standard InChI is InChI=1S/C20H25N3O4S/c1-28(25,26)27-19-11-23-14-6-12(19)7-15(23)9-13(8-14)22-20(24)17-10-21-18-5-3-2-4-16(17)18/h2-5,10,12-15,19,21H,6-9,11H2,1H3,(H,22,24). The summed E-state index contributed by atoms with van der Waals surface area (Å²) >= 11 is 0. The van der Waals surface area contributed by atoms with Gasteiger partial charge in [-0.05, 0) is 37.7 Å². The van der Waals surface area contributed by atoms with Gasteiger partial charge in [0.1, 0.15) is 0 Å². The van der Waals surface area contributed by atoms with E-state index in [4.69, 9.17) is 4.18 Å². The van der Waals surface area contributed by atoms with Gasteiger partial charge in [0.2, 0.25) is 0 Å². The van der Waals surface area contributed by atoms with Crippen molar-refractivity contribution in [2.45, 2.75) is 49.9 Å². The second-order valence-electron chi connectivity index (χ2n) is 8.46. The number of hydrogen-bond acceptors (Lipinski definition) is 5. The van der Waals surface area contributed by atoms with Crippen LogP contribution in [0.3, 0.4) is 0 Å². The Balaban J connectivity index is 1.26. The molecule has 150 valence electrons. The number of piperidine rings is 4. The summed E-state index contributed by atoms with van der Waals surface area (Å²) in [6.07, 6.45) is 6.38. The van der Waals surface area contributed by atoms with E-state index in [0.29, 0.717) is 30.1 Å². The average Bonchev–Trinajstić information content (AvgIpc) is 3.04. The number of aromatic amines is 1. The zero-order valence-electron chi connectivity index (χ0n) is 15.8. The van der Waals surface area contributed by atoms with Crippen molar-refractivity contribution in [1.82, 2.24) is 15.2 Å². The third-order valence-electron chi connectivity index (χ3n) is 6.58. The van der Waals surface area contributed by atoms with Crippen LogP contribution in [0.15, 0.2) is 30.5 Å². The van der Waals surface area contributed by atoms with Gasteiger partial charge >= 0.3 is 0 Å². The second-order valence-corrected chi connectivity index (χ2v) is 10.1. The predicted octanol–water partition coefficient (Wildman–Crippen LogP) is 1.87. The second kappa shape index (κ2) is 6.57. The molecule has 3 atom stereocenters. The van der Waals surface area contributed by atoms with E-state index in [2.05, 4.69) is 15.2 Å². The van der Waals surface area contributed by atoms with Crippen molar-refractivity contribution in [2.75, 3.05) is 12.8 Å². The summed E-state index contributed by atoms with van der Waals surface area (Å²) in [5, 5.41) is 4.18. The smallest absolute Gasteiger partial charge is 0.264 e. The summed E-state index contributed by atoms with van der Waals surface area (Å²) in [7, 11) is -3.43. The molecule has 0 saturated carbocycles. The van der Waals surface area contributed by atoms with Crippen molar-refractivity contribution in [3.8, 4) is 0 Å². The minimum Gasteiger partial charge on any atom is -0.360 e. The van der Waals surface area contributed by atoms with E-state index in [1.165, 1.54) is 0 Å². The predicted molar refractivity (Wildman–Crippen MR) is 106 cm³/mol. The van der Waals surface area contributed by atoms with Crippen molar-refractivity contribution >= 4 is 26.9 Å². The van der Waals surface area contributed by atoms with Crippen LogP contribution in [0.5, 0.6) is 0 Å². The number of rotatable bonds is 4. The number of fused-ring (bicyclic) bond motifs is 2. The fourth-order valence-corrected chi connectivity index (χ4v) is 6.18. The first-order chi connectivity index (χ1) is 13.4. The molecule has 1 aromatic heterocycles. The van der Waals surface area contributed by atoms with E-state index in [1.807, 2.05) is 24.3 Å². The molecule has 2 N–H and O–H groups in total. The van der Waals surface area contributed by atoms with Crippen molar-refractivity contribution in [3.05, 3.63) is 36.0 Å². The lowest BCUT2D eigenvalue weighted by molar-refractivity contribution is -0.0993. The fourth-order valence-electron chi connectivity index (χ4n) is 5.51. The molecule has 0 radical (unpaired) electrons. The first kappa shape index (κ1) is 18.1. The SMILES string of the molecule is CS(=O)(=O)OC1CN2C3CC(NC(=O)c4c[nH]c5ccccc45)CC2CC1C3. The maximum absolute atomic E-state index is 12.8. The van der Waals surface area contributed by atoms with Crippen LogP contribution in [0.2, 0.25) is 0 Å². The summed E-state index contributed by atoms with van der Waals surface area (Å²) < 4.78 is 28.3. The molecule has 0 spiro atoms. The van der Waals surface area contributed by atoms with Gasteiger partial charge in [-0.2, -0.15) is 8.42 Å². The first-order valence-corrected chi connectivity index (χ1v) is 11.7. The van der Waals surface area contributed by atoms with E-state index < -0.39 is 10.1 Å². The Morgan fingerprint density at radius 3 is 2.57 bits per heavy atom. The van der Waals surface area contributed by atoms with Crippen LogP contribution in [-0.4, -0.2) is 61.2 Å². The molecular formula is C20H25N3O4S. The number of amides is 1. The third-order valence-corrected chi connectivity index (χ3v) is 7.18. The Bertz CT molecular complexity index is 1000. The molecule has 3 unspecified atom stereocenters. The Hall–Kier alpha value is -1.90. The highest BCUT2D eigenvalue weighted by Crippen LogP contribution is 2.44. The van der Waals surface area contributed by atoms with Crippen LogP contribution in [0.4, 0.5) is 0 Å². The summed E-state index contributed by atoms with van der Waals surface area (Å²) in [6.45, 7) is 0.677. The van der Waals surface area contributed by atoms with Crippen molar-refractivity contribution < 1.29 is 17.4 Å².